The molecule has 0 aromatic rings. The number of aliphatic hydroxyl groups is 1. The molecule has 0 aliphatic rings. The van der Waals surface area contributed by atoms with E-state index in [2.05, 4.69) is 41.5 Å². The molecule has 0 saturated heterocycles. The molecular weight excluding hydrogens is 1320 g/mol. The van der Waals surface area contributed by atoms with Crippen LogP contribution in [0.4, 0.5) is 0 Å². The second kappa shape index (κ2) is 73.6. The number of esters is 4. The average Bonchev–Trinajstić information content (AvgIpc) is 0.985. The van der Waals surface area contributed by atoms with Gasteiger partial charge < -0.3 is 33.8 Å². The second-order valence-corrected chi connectivity index (χ2v) is 33.4. The molecule has 5 atom stereocenters. The van der Waals surface area contributed by atoms with E-state index in [1.165, 1.54) is 250 Å². The van der Waals surface area contributed by atoms with E-state index in [1.807, 2.05) is 0 Å². The molecule has 0 spiro atoms. The van der Waals surface area contributed by atoms with Crippen LogP contribution >= 0.6 is 15.6 Å². The number of phosphoric acid groups is 2. The fourth-order valence-corrected chi connectivity index (χ4v) is 14.3. The maximum atomic E-state index is 13.1. The molecule has 600 valence electrons. The Morgan fingerprint density at radius 1 is 0.267 bits per heavy atom. The van der Waals surface area contributed by atoms with Gasteiger partial charge in [0, 0.05) is 25.7 Å². The summed E-state index contributed by atoms with van der Waals surface area (Å²) in [4.78, 5) is 73.1. The number of carbonyl (C=O) groups excluding carboxylic acids is 4. The highest BCUT2D eigenvalue weighted by Gasteiger charge is 2.30. The fraction of sp³-hybridized carbons (Fsp3) is 0.951. The molecule has 0 aromatic heterocycles. The highest BCUT2D eigenvalue weighted by Crippen LogP contribution is 2.45. The van der Waals surface area contributed by atoms with Crippen LogP contribution in [-0.4, -0.2) is 96.7 Å². The molecule has 0 aliphatic carbocycles. The molecule has 3 N–H and O–H groups in total. The van der Waals surface area contributed by atoms with E-state index < -0.39 is 97.5 Å². The highest BCUT2D eigenvalue weighted by molar-refractivity contribution is 7.47. The minimum atomic E-state index is -4.96. The van der Waals surface area contributed by atoms with Gasteiger partial charge in [-0.05, 0) is 37.5 Å². The van der Waals surface area contributed by atoms with Crippen molar-refractivity contribution in [3.05, 3.63) is 0 Å². The lowest BCUT2D eigenvalue weighted by molar-refractivity contribution is -0.161. The summed E-state index contributed by atoms with van der Waals surface area (Å²) in [7, 11) is -9.92. The lowest BCUT2D eigenvalue weighted by Gasteiger charge is -2.21. The van der Waals surface area contributed by atoms with E-state index in [9.17, 15) is 43.2 Å². The summed E-state index contributed by atoms with van der Waals surface area (Å²) in [6, 6.07) is 0. The van der Waals surface area contributed by atoms with E-state index in [4.69, 9.17) is 37.0 Å². The van der Waals surface area contributed by atoms with Gasteiger partial charge in [-0.2, -0.15) is 0 Å². The van der Waals surface area contributed by atoms with Crippen molar-refractivity contribution in [3.63, 3.8) is 0 Å². The van der Waals surface area contributed by atoms with Gasteiger partial charge >= 0.3 is 39.5 Å². The molecule has 0 radical (unpaired) electrons. The largest absolute Gasteiger partial charge is 0.472 e. The van der Waals surface area contributed by atoms with Gasteiger partial charge in [-0.1, -0.05) is 382 Å². The summed E-state index contributed by atoms with van der Waals surface area (Å²) in [6.07, 6.45) is 63.7. The number of aliphatic hydroxyl groups excluding tert-OH is 1. The maximum absolute atomic E-state index is 13.1. The van der Waals surface area contributed by atoms with E-state index in [-0.39, 0.29) is 25.7 Å². The Morgan fingerprint density at radius 3 is 0.673 bits per heavy atom. The number of carbonyl (C=O) groups is 4. The maximum Gasteiger partial charge on any atom is 0.472 e. The van der Waals surface area contributed by atoms with Gasteiger partial charge in [-0.25, -0.2) is 9.13 Å². The summed E-state index contributed by atoms with van der Waals surface area (Å²) >= 11 is 0. The fourth-order valence-electron chi connectivity index (χ4n) is 12.7. The van der Waals surface area contributed by atoms with Crippen LogP contribution in [0.3, 0.4) is 0 Å². The van der Waals surface area contributed by atoms with Crippen molar-refractivity contribution >= 4 is 39.5 Å². The monoisotopic (exact) mass is 1480 g/mol. The Bertz CT molecular complexity index is 1940. The Hall–Kier alpha value is -1.94. The number of phosphoric ester groups is 2. The molecule has 19 heteroatoms. The second-order valence-electron chi connectivity index (χ2n) is 30.5. The molecule has 0 heterocycles. The Kier molecular flexibility index (Phi) is 72.2. The third-order valence-electron chi connectivity index (χ3n) is 19.2. The molecule has 101 heavy (non-hydrogen) atoms. The normalized spacial score (nSPS) is 13.9. The molecule has 0 aromatic carbocycles. The molecule has 0 rings (SSSR count). The van der Waals surface area contributed by atoms with Gasteiger partial charge in [-0.15, -0.1) is 0 Å². The molecule has 0 saturated carbocycles. The molecular formula is C82H160O17P2. The van der Waals surface area contributed by atoms with Crippen molar-refractivity contribution in [3.8, 4) is 0 Å². The quantitative estimate of drug-likeness (QED) is 0.0222. The predicted octanol–water partition coefficient (Wildman–Crippen LogP) is 24.7. The first-order valence-electron chi connectivity index (χ1n) is 42.5. The Morgan fingerprint density at radius 2 is 0.455 bits per heavy atom. The van der Waals surface area contributed by atoms with Crippen molar-refractivity contribution < 1.29 is 80.2 Å². The van der Waals surface area contributed by atoms with Gasteiger partial charge in [0.25, 0.3) is 0 Å². The van der Waals surface area contributed by atoms with Crippen molar-refractivity contribution in [1.29, 1.82) is 0 Å². The van der Waals surface area contributed by atoms with E-state index in [0.717, 1.165) is 102 Å². The predicted molar refractivity (Wildman–Crippen MR) is 414 cm³/mol. The number of hydrogen-bond acceptors (Lipinski definition) is 15. The van der Waals surface area contributed by atoms with Crippen LogP contribution in [-0.2, 0) is 65.4 Å². The topological polar surface area (TPSA) is 237 Å². The van der Waals surface area contributed by atoms with E-state index in [0.29, 0.717) is 25.7 Å². The first kappa shape index (κ1) is 99.1. The lowest BCUT2D eigenvalue weighted by atomic mass is 10.0. The molecule has 0 aliphatic heterocycles. The summed E-state index contributed by atoms with van der Waals surface area (Å²) in [6.45, 7) is 9.67. The zero-order valence-corrected chi connectivity index (χ0v) is 68.0. The summed E-state index contributed by atoms with van der Waals surface area (Å²) < 4.78 is 68.8. The summed E-state index contributed by atoms with van der Waals surface area (Å²) in [5.74, 6) is -0.544. The number of rotatable bonds is 81. The molecule has 0 amide bonds. The minimum absolute atomic E-state index is 0.107. The number of unbranched alkanes of at least 4 members (excludes halogenated alkanes) is 51. The average molecular weight is 1480 g/mol. The van der Waals surface area contributed by atoms with Crippen LogP contribution in [0.5, 0.6) is 0 Å². The summed E-state index contributed by atoms with van der Waals surface area (Å²) in [5, 5.41) is 10.7. The van der Waals surface area contributed by atoms with Crippen LogP contribution in [0.25, 0.3) is 0 Å². The molecule has 17 nitrogen and oxygen atoms in total. The summed E-state index contributed by atoms with van der Waals surface area (Å²) in [5.41, 5.74) is 0. The van der Waals surface area contributed by atoms with Gasteiger partial charge in [0.1, 0.15) is 19.3 Å². The minimum Gasteiger partial charge on any atom is -0.462 e. The lowest BCUT2D eigenvalue weighted by Crippen LogP contribution is -2.30. The molecule has 0 bridgehead atoms. The van der Waals surface area contributed by atoms with E-state index >= 15 is 0 Å². The number of ether oxygens (including phenoxy) is 4. The van der Waals surface area contributed by atoms with Gasteiger partial charge in [0.2, 0.25) is 0 Å². The van der Waals surface area contributed by atoms with Gasteiger partial charge in [0.05, 0.1) is 26.4 Å². The zero-order valence-electron chi connectivity index (χ0n) is 66.2. The first-order chi connectivity index (χ1) is 48.9. The van der Waals surface area contributed by atoms with E-state index in [1.54, 1.807) is 0 Å². The van der Waals surface area contributed by atoms with Gasteiger partial charge in [-0.3, -0.25) is 37.3 Å². The van der Waals surface area contributed by atoms with Crippen molar-refractivity contribution in [2.24, 2.45) is 11.8 Å². The molecule has 2 unspecified atom stereocenters. The van der Waals surface area contributed by atoms with Crippen molar-refractivity contribution in [2.75, 3.05) is 39.6 Å². The van der Waals surface area contributed by atoms with Crippen LogP contribution < -0.4 is 0 Å². The smallest absolute Gasteiger partial charge is 0.462 e. The molecule has 0 fully saturated rings. The Labute approximate surface area is 619 Å². The zero-order chi connectivity index (χ0) is 74.2. The van der Waals surface area contributed by atoms with Crippen molar-refractivity contribution in [2.45, 2.75) is 452 Å². The Balaban J connectivity index is 5.26. The van der Waals surface area contributed by atoms with Gasteiger partial charge in [0.15, 0.2) is 12.2 Å². The van der Waals surface area contributed by atoms with Crippen LogP contribution in [0, 0.1) is 11.8 Å². The van der Waals surface area contributed by atoms with Crippen LogP contribution in [0.2, 0.25) is 0 Å². The SMILES string of the molecule is CCCCCCCCCCCCCCCCCCC(=O)OC[C@H](COP(=O)(O)OC[C@@H](O)COP(=O)(O)OC[C@@H](COC(=O)CCCCCCCCCCCCCCC)OC(=O)CCCCCCCCCCCCC(C)C)OC(=O)CCCCCCCCCCCCCCCCCCC(C)C. The third kappa shape index (κ3) is 76.1. The van der Waals surface area contributed by atoms with Crippen LogP contribution in [0.1, 0.15) is 433 Å². The highest BCUT2D eigenvalue weighted by atomic mass is 31.2. The first-order valence-corrected chi connectivity index (χ1v) is 45.5. The van der Waals surface area contributed by atoms with Crippen molar-refractivity contribution in [1.82, 2.24) is 0 Å². The standard InChI is InChI=1S/C82H160O17P2/c1-7-9-11-13-15-17-19-21-22-26-30-34-41-47-53-59-65-80(85)93-70-77(98-81(86)66-60-54-48-42-35-31-27-24-23-25-29-32-38-44-50-56-62-74(3)4)72-96-100(88,89)94-68-76(83)69-95-101(90,91)97-73-78(99-82(87)67-61-55-49-43-37-36-39-45-51-57-63-75(5)6)71-92-79(84)64-58-52-46-40-33-28-20-18-16-14-12-10-8-2/h74-78,83H,7-73H2,1-6H3,(H,88,89)(H,90,91)/t76-,77-,78-/m1/s1. The van der Waals surface area contributed by atoms with Crippen LogP contribution in [0.15, 0.2) is 0 Å². The third-order valence-corrected chi connectivity index (χ3v) is 21.1. The number of hydrogen-bond donors (Lipinski definition) is 3.